The van der Waals surface area contributed by atoms with E-state index in [1.165, 1.54) is 0 Å². The molecule has 0 aliphatic carbocycles. The predicted molar refractivity (Wildman–Crippen MR) is 94.1 cm³/mol. The molecule has 0 N–H and O–H groups in total. The third-order valence-corrected chi connectivity index (χ3v) is 4.50. The van der Waals surface area contributed by atoms with Gasteiger partial charge in [-0.05, 0) is 6.07 Å². The average Bonchev–Trinajstić information content (AvgIpc) is 3.19. The fraction of sp³-hybridized carbons (Fsp3) is 0.0476. The maximum absolute atomic E-state index is 9.88. The number of aromatic nitrogens is 2. The van der Waals surface area contributed by atoms with E-state index >= 15 is 0 Å². The van der Waals surface area contributed by atoms with Crippen molar-refractivity contribution < 1.29 is 29.1 Å². The van der Waals surface area contributed by atoms with E-state index in [0.29, 0.717) is 11.1 Å². The van der Waals surface area contributed by atoms with Crippen LogP contribution in [0.2, 0.25) is 0 Å². The van der Waals surface area contributed by atoms with Crippen molar-refractivity contribution in [2.45, 2.75) is 0 Å². The van der Waals surface area contributed by atoms with E-state index in [2.05, 4.69) is 24.5 Å². The van der Waals surface area contributed by atoms with Crippen LogP contribution in [0.4, 0.5) is 0 Å². The molecule has 5 aromatic rings. The first-order valence-corrected chi connectivity index (χ1v) is 7.93. The van der Waals surface area contributed by atoms with Gasteiger partial charge in [0.05, 0.1) is 29.7 Å². The van der Waals surface area contributed by atoms with Crippen LogP contribution in [-0.4, -0.2) is 4.57 Å². The average molecular weight is 515 g/mol. The molecule has 5 rings (SSSR count). The number of para-hydroxylation sites is 2. The Kier molecular flexibility index (Phi) is 3.88. The molecule has 0 spiro atoms. The van der Waals surface area contributed by atoms with Crippen molar-refractivity contribution in [2.75, 3.05) is 0 Å². The second kappa shape index (κ2) is 6.10. The van der Waals surface area contributed by atoms with Crippen LogP contribution in [0.3, 0.4) is 0 Å². The number of imidazole rings is 1. The molecular weight excluding hydrogens is 502 g/mol. The Morgan fingerprint density at radius 1 is 1.12 bits per heavy atom. The molecule has 1 radical (unpaired) electrons. The van der Waals surface area contributed by atoms with E-state index in [9.17, 15) is 5.26 Å². The summed E-state index contributed by atoms with van der Waals surface area (Å²) in [5.74, 6) is 0. The molecule has 0 atom stereocenters. The van der Waals surface area contributed by atoms with Gasteiger partial charge in [0.25, 0.3) is 0 Å². The second-order valence-electron chi connectivity index (χ2n) is 5.95. The molecule has 3 aromatic carbocycles. The number of hydrogen-bond donors (Lipinski definition) is 0. The number of aryl methyl sites for hydroxylation is 1. The molecule has 0 aliphatic heterocycles. The molecule has 0 bridgehead atoms. The largest absolute Gasteiger partial charge is 0.455 e. The molecular formula is C21H12IrN3O-. The fourth-order valence-corrected chi connectivity index (χ4v) is 3.37. The van der Waals surface area contributed by atoms with Crippen LogP contribution in [0.25, 0.3) is 38.7 Å². The van der Waals surface area contributed by atoms with Gasteiger partial charge in [-0.2, -0.15) is 35.6 Å². The van der Waals surface area contributed by atoms with Crippen molar-refractivity contribution in [1.29, 1.82) is 5.26 Å². The molecule has 5 heteroatoms. The van der Waals surface area contributed by atoms with E-state index in [0.717, 1.165) is 33.1 Å². The summed E-state index contributed by atoms with van der Waals surface area (Å²) in [6.07, 6.45) is 3.27. The first kappa shape index (κ1) is 16.5. The van der Waals surface area contributed by atoms with Crippen molar-refractivity contribution in [3.05, 3.63) is 72.6 Å². The van der Waals surface area contributed by atoms with Crippen LogP contribution in [0, 0.1) is 23.7 Å². The van der Waals surface area contributed by atoms with Crippen LogP contribution in [-0.2, 0) is 27.2 Å². The maximum Gasteiger partial charge on any atom is 0.242 e. The fourth-order valence-electron chi connectivity index (χ4n) is 3.37. The molecule has 127 valence electrons. The Balaban J connectivity index is 0.00000168. The van der Waals surface area contributed by atoms with Crippen molar-refractivity contribution in [3.63, 3.8) is 0 Å². The Morgan fingerprint density at radius 2 is 1.92 bits per heavy atom. The van der Waals surface area contributed by atoms with E-state index < -0.39 is 0 Å². The number of benzene rings is 3. The van der Waals surface area contributed by atoms with Crippen LogP contribution in [0.15, 0.2) is 59.0 Å². The number of rotatable bonds is 1. The first-order valence-electron chi connectivity index (χ1n) is 7.93. The smallest absolute Gasteiger partial charge is 0.242 e. The van der Waals surface area contributed by atoms with Gasteiger partial charge in [-0.3, -0.25) is 0 Å². The molecule has 0 fully saturated rings. The van der Waals surface area contributed by atoms with Crippen LogP contribution in [0.1, 0.15) is 5.56 Å². The topological polar surface area (TPSA) is 45.7 Å². The summed E-state index contributed by atoms with van der Waals surface area (Å²) in [6.45, 7) is 0. The summed E-state index contributed by atoms with van der Waals surface area (Å²) in [5.41, 5.74) is 4.44. The second-order valence-corrected chi connectivity index (χ2v) is 5.95. The zero-order chi connectivity index (χ0) is 17.0. The van der Waals surface area contributed by atoms with Gasteiger partial charge in [0, 0.05) is 30.9 Å². The zero-order valence-electron chi connectivity index (χ0n) is 13.8. The van der Waals surface area contributed by atoms with Crippen molar-refractivity contribution in [1.82, 2.24) is 4.57 Å². The first-order chi connectivity index (χ1) is 12.3. The molecule has 26 heavy (non-hydrogen) atoms. The molecule has 0 saturated heterocycles. The Hall–Kier alpha value is -2.93. The van der Waals surface area contributed by atoms with Gasteiger partial charge in [-0.15, -0.1) is 0 Å². The molecule has 0 amide bonds. The SMILES string of the molecule is C[n+]1[c-]n(-c2[c-]cccc2)c2c(C#N)c3oc4ccccc4c3cc21.[Ir]. The van der Waals surface area contributed by atoms with Crippen molar-refractivity contribution in [3.8, 4) is 11.8 Å². The van der Waals surface area contributed by atoms with Crippen LogP contribution < -0.4 is 4.57 Å². The number of furan rings is 1. The molecule has 4 nitrogen and oxygen atoms in total. The van der Waals surface area contributed by atoms with E-state index in [1.807, 2.05) is 64.7 Å². The quantitative estimate of drug-likeness (QED) is 0.252. The third kappa shape index (κ3) is 2.20. The normalized spacial score (nSPS) is 10.9. The summed E-state index contributed by atoms with van der Waals surface area (Å²) >= 11 is 0. The van der Waals surface area contributed by atoms with Gasteiger partial charge in [0.1, 0.15) is 11.2 Å². The third-order valence-electron chi connectivity index (χ3n) is 4.50. The van der Waals surface area contributed by atoms with Crippen molar-refractivity contribution >= 4 is 33.0 Å². The minimum Gasteiger partial charge on any atom is -0.455 e. The summed E-state index contributed by atoms with van der Waals surface area (Å²) < 4.78 is 9.78. The minimum atomic E-state index is 0. The van der Waals surface area contributed by atoms with Gasteiger partial charge in [0.2, 0.25) is 6.33 Å². The van der Waals surface area contributed by atoms with E-state index in [4.69, 9.17) is 4.42 Å². The predicted octanol–water partition coefficient (Wildman–Crippen LogP) is 3.82. The Morgan fingerprint density at radius 3 is 2.69 bits per heavy atom. The van der Waals surface area contributed by atoms with Crippen LogP contribution >= 0.6 is 0 Å². The summed E-state index contributed by atoms with van der Waals surface area (Å²) in [5, 5.41) is 11.8. The molecule has 2 aromatic heterocycles. The number of fused-ring (bicyclic) bond motifs is 4. The molecule has 0 saturated carbocycles. The molecule has 0 aliphatic rings. The monoisotopic (exact) mass is 515 g/mol. The van der Waals surface area contributed by atoms with Crippen LogP contribution in [0.5, 0.6) is 0 Å². The zero-order valence-corrected chi connectivity index (χ0v) is 16.2. The molecule has 0 unspecified atom stereocenters. The summed E-state index contributed by atoms with van der Waals surface area (Å²) in [4.78, 5) is 0. The van der Waals surface area contributed by atoms with Crippen molar-refractivity contribution in [2.24, 2.45) is 7.05 Å². The number of hydrogen-bond acceptors (Lipinski definition) is 2. The maximum atomic E-state index is 9.88. The minimum absolute atomic E-state index is 0. The van der Waals surface area contributed by atoms with Gasteiger partial charge < -0.3 is 13.6 Å². The van der Waals surface area contributed by atoms with E-state index in [1.54, 1.807) is 0 Å². The van der Waals surface area contributed by atoms with Gasteiger partial charge in [-0.1, -0.05) is 30.0 Å². The summed E-state index contributed by atoms with van der Waals surface area (Å²) in [6, 6.07) is 23.1. The number of nitrogens with zero attached hydrogens (tertiary/aromatic N) is 3. The standard InChI is InChI=1S/C21H12N3O.Ir/c1-23-13-24(14-7-3-2-4-8-14)20-17(12-22)21-16(11-18(20)23)15-9-5-6-10-19(15)25-21;/h2-7,9-11H,1H3;/q-1;. The molecule has 2 heterocycles. The van der Waals surface area contributed by atoms with Gasteiger partial charge in [-0.25, -0.2) is 0 Å². The Labute approximate surface area is 163 Å². The van der Waals surface area contributed by atoms with E-state index in [-0.39, 0.29) is 20.1 Å². The summed E-state index contributed by atoms with van der Waals surface area (Å²) in [7, 11) is 1.93. The van der Waals surface area contributed by atoms with Gasteiger partial charge in [0.15, 0.2) is 0 Å². The van der Waals surface area contributed by atoms with Gasteiger partial charge >= 0.3 is 0 Å². The Bertz CT molecular complexity index is 1310. The number of nitriles is 1.